The van der Waals surface area contributed by atoms with Gasteiger partial charge in [-0.2, -0.15) is 0 Å². The van der Waals surface area contributed by atoms with E-state index >= 15 is 0 Å². The third kappa shape index (κ3) is 3.07. The van der Waals surface area contributed by atoms with Gasteiger partial charge in [0.05, 0.1) is 0 Å². The van der Waals surface area contributed by atoms with E-state index in [1.807, 2.05) is 6.07 Å². The van der Waals surface area contributed by atoms with Gasteiger partial charge in [-0.05, 0) is 62.4 Å². The molecule has 0 fully saturated rings. The van der Waals surface area contributed by atoms with E-state index in [4.69, 9.17) is 0 Å². The van der Waals surface area contributed by atoms with Crippen molar-refractivity contribution in [2.75, 3.05) is 0 Å². The minimum absolute atomic E-state index is 1.23. The molecular formula is C14H10I2. The summed E-state index contributed by atoms with van der Waals surface area (Å²) in [5, 5.41) is 0. The number of halogens is 2. The molecule has 0 atom stereocenters. The maximum absolute atomic E-state index is 2.39. The Morgan fingerprint density at radius 1 is 0.750 bits per heavy atom. The third-order valence-electron chi connectivity index (χ3n) is 2.24. The Morgan fingerprint density at radius 3 is 2.25 bits per heavy atom. The smallest absolute Gasteiger partial charge is 0.0336 e. The minimum atomic E-state index is 1.23. The number of benzene rings is 2. The molecule has 0 N–H and O–H groups in total. The zero-order chi connectivity index (χ0) is 11.4. The molecule has 0 heterocycles. The van der Waals surface area contributed by atoms with Crippen LogP contribution >= 0.6 is 45.2 Å². The molecule has 0 bridgehead atoms. The lowest BCUT2D eigenvalue weighted by Gasteiger charge is -2.00. The van der Waals surface area contributed by atoms with E-state index in [1.165, 1.54) is 18.3 Å². The monoisotopic (exact) mass is 432 g/mol. The molecule has 2 aromatic carbocycles. The number of hydrogen-bond donors (Lipinski definition) is 0. The quantitative estimate of drug-likeness (QED) is 0.460. The molecule has 0 unspecified atom stereocenters. The zero-order valence-corrected chi connectivity index (χ0v) is 12.8. The van der Waals surface area contributed by atoms with Crippen molar-refractivity contribution in [3.8, 4) is 0 Å². The second kappa shape index (κ2) is 5.82. The highest BCUT2D eigenvalue weighted by atomic mass is 127. The van der Waals surface area contributed by atoms with E-state index in [9.17, 15) is 0 Å². The number of hydrogen-bond acceptors (Lipinski definition) is 0. The van der Waals surface area contributed by atoms with Crippen LogP contribution in [0, 0.1) is 7.14 Å². The van der Waals surface area contributed by atoms with Crippen LogP contribution in [0.3, 0.4) is 0 Å². The molecule has 0 spiro atoms. The fourth-order valence-corrected chi connectivity index (χ4v) is 2.46. The molecule has 0 aliphatic heterocycles. The summed E-state index contributed by atoms with van der Waals surface area (Å²) in [7, 11) is 0. The minimum Gasteiger partial charge on any atom is -0.0622 e. The average molecular weight is 432 g/mol. The summed E-state index contributed by atoms with van der Waals surface area (Å²) in [5.41, 5.74) is 2.51. The summed E-state index contributed by atoms with van der Waals surface area (Å²) in [6.07, 6.45) is 4.31. The summed E-state index contributed by atoms with van der Waals surface area (Å²) in [6, 6.07) is 16.7. The van der Waals surface area contributed by atoms with Gasteiger partial charge in [0.15, 0.2) is 0 Å². The third-order valence-corrected chi connectivity index (χ3v) is 5.37. The Labute approximate surface area is 123 Å². The van der Waals surface area contributed by atoms with Crippen LogP contribution in [0.4, 0.5) is 0 Å². The van der Waals surface area contributed by atoms with Crippen molar-refractivity contribution in [1.29, 1.82) is 0 Å². The van der Waals surface area contributed by atoms with Crippen molar-refractivity contribution < 1.29 is 0 Å². The van der Waals surface area contributed by atoms with E-state index in [0.29, 0.717) is 0 Å². The number of rotatable bonds is 2. The Kier molecular flexibility index (Phi) is 4.40. The van der Waals surface area contributed by atoms with Gasteiger partial charge in [-0.25, -0.2) is 0 Å². The van der Waals surface area contributed by atoms with Gasteiger partial charge in [-0.3, -0.25) is 0 Å². The van der Waals surface area contributed by atoms with Crippen molar-refractivity contribution in [2.45, 2.75) is 0 Å². The van der Waals surface area contributed by atoms with Gasteiger partial charge in [0, 0.05) is 7.14 Å². The highest BCUT2D eigenvalue weighted by Gasteiger charge is 1.98. The van der Waals surface area contributed by atoms with Gasteiger partial charge in [0.1, 0.15) is 0 Å². The molecule has 0 nitrogen and oxygen atoms in total. The molecule has 0 radical (unpaired) electrons. The van der Waals surface area contributed by atoms with Gasteiger partial charge in [0.25, 0.3) is 0 Å². The molecular weight excluding hydrogens is 422 g/mol. The SMILES string of the molecule is Ic1cccc(/C=C/c2ccccc2)c1I. The lowest BCUT2D eigenvalue weighted by Crippen LogP contribution is -1.83. The fourth-order valence-electron chi connectivity index (χ4n) is 1.40. The van der Waals surface area contributed by atoms with Crippen LogP contribution in [0.2, 0.25) is 0 Å². The average Bonchev–Trinajstić information content (AvgIpc) is 2.32. The summed E-state index contributed by atoms with van der Waals surface area (Å²) in [4.78, 5) is 0. The largest absolute Gasteiger partial charge is 0.0622 e. The van der Waals surface area contributed by atoms with E-state index in [1.54, 1.807) is 0 Å². The molecule has 2 rings (SSSR count). The van der Waals surface area contributed by atoms with E-state index in [-0.39, 0.29) is 0 Å². The highest BCUT2D eigenvalue weighted by Crippen LogP contribution is 2.21. The summed E-state index contributed by atoms with van der Waals surface area (Å²) < 4.78 is 2.61. The van der Waals surface area contributed by atoms with Crippen LogP contribution in [-0.4, -0.2) is 0 Å². The second-order valence-corrected chi connectivity index (χ2v) is 5.63. The van der Waals surface area contributed by atoms with Crippen LogP contribution in [-0.2, 0) is 0 Å². The lowest BCUT2D eigenvalue weighted by atomic mass is 10.1. The van der Waals surface area contributed by atoms with Gasteiger partial charge in [0.2, 0.25) is 0 Å². The van der Waals surface area contributed by atoms with Crippen molar-refractivity contribution in [3.05, 3.63) is 66.8 Å². The maximum Gasteiger partial charge on any atom is 0.0336 e. The van der Waals surface area contributed by atoms with Crippen molar-refractivity contribution in [3.63, 3.8) is 0 Å². The lowest BCUT2D eigenvalue weighted by molar-refractivity contribution is 1.54. The molecule has 0 saturated heterocycles. The molecule has 2 aromatic rings. The molecule has 16 heavy (non-hydrogen) atoms. The molecule has 0 aliphatic rings. The van der Waals surface area contributed by atoms with Crippen LogP contribution in [0.25, 0.3) is 12.2 Å². The normalized spacial score (nSPS) is 10.9. The van der Waals surface area contributed by atoms with Gasteiger partial charge >= 0.3 is 0 Å². The Morgan fingerprint density at radius 2 is 1.50 bits per heavy atom. The van der Waals surface area contributed by atoms with Crippen LogP contribution in [0.5, 0.6) is 0 Å². The highest BCUT2D eigenvalue weighted by molar-refractivity contribution is 14.1. The summed E-state index contributed by atoms with van der Waals surface area (Å²) >= 11 is 4.75. The predicted octanol–water partition coefficient (Wildman–Crippen LogP) is 5.07. The molecule has 2 heteroatoms. The van der Waals surface area contributed by atoms with Crippen molar-refractivity contribution in [1.82, 2.24) is 0 Å². The Bertz CT molecular complexity index is 501. The van der Waals surface area contributed by atoms with Crippen LogP contribution < -0.4 is 0 Å². The van der Waals surface area contributed by atoms with Crippen LogP contribution in [0.1, 0.15) is 11.1 Å². The first-order valence-corrected chi connectivity index (χ1v) is 7.10. The van der Waals surface area contributed by atoms with E-state index in [2.05, 4.69) is 99.8 Å². The summed E-state index contributed by atoms with van der Waals surface area (Å²) in [5.74, 6) is 0. The molecule has 0 saturated carbocycles. The van der Waals surface area contributed by atoms with E-state index in [0.717, 1.165) is 0 Å². The topological polar surface area (TPSA) is 0 Å². The molecule has 0 aromatic heterocycles. The first-order chi connectivity index (χ1) is 7.77. The Balaban J connectivity index is 2.28. The predicted molar refractivity (Wildman–Crippen MR) is 87.2 cm³/mol. The van der Waals surface area contributed by atoms with Gasteiger partial charge in [-0.1, -0.05) is 54.6 Å². The standard InChI is InChI=1S/C14H10I2/c15-13-8-4-7-12(14(13)16)10-9-11-5-2-1-3-6-11/h1-10H/b10-9+. The first-order valence-electron chi connectivity index (χ1n) is 4.94. The van der Waals surface area contributed by atoms with Crippen molar-refractivity contribution in [2.24, 2.45) is 0 Å². The van der Waals surface area contributed by atoms with Crippen LogP contribution in [0.15, 0.2) is 48.5 Å². The molecule has 0 amide bonds. The zero-order valence-electron chi connectivity index (χ0n) is 8.53. The molecule has 80 valence electrons. The van der Waals surface area contributed by atoms with Crippen molar-refractivity contribution >= 4 is 57.3 Å². The fraction of sp³-hybridized carbons (Fsp3) is 0. The van der Waals surface area contributed by atoms with Gasteiger partial charge in [-0.15, -0.1) is 0 Å². The molecule has 0 aliphatic carbocycles. The Hall–Kier alpha value is -0.360. The maximum atomic E-state index is 2.39. The van der Waals surface area contributed by atoms with E-state index < -0.39 is 0 Å². The summed E-state index contributed by atoms with van der Waals surface area (Å²) in [6.45, 7) is 0. The second-order valence-electron chi connectivity index (χ2n) is 3.39. The first kappa shape index (κ1) is 12.1. The van der Waals surface area contributed by atoms with Gasteiger partial charge < -0.3 is 0 Å².